The summed E-state index contributed by atoms with van der Waals surface area (Å²) in [6.45, 7) is 4.50. The molecule has 0 radical (unpaired) electrons. The maximum absolute atomic E-state index is 11.7. The van der Waals surface area contributed by atoms with Crippen molar-refractivity contribution in [3.05, 3.63) is 11.8 Å². The number of aromatic nitrogens is 2. The molecule has 0 unspecified atom stereocenters. The van der Waals surface area contributed by atoms with Gasteiger partial charge in [0.2, 0.25) is 5.91 Å². The molecule has 0 atom stereocenters. The Kier molecular flexibility index (Phi) is 3.09. The summed E-state index contributed by atoms with van der Waals surface area (Å²) in [6, 6.07) is 1.62. The first-order chi connectivity index (χ1) is 7.14. The zero-order chi connectivity index (χ0) is 12.6. The Hall–Kier alpha value is -1.37. The van der Waals surface area contributed by atoms with Gasteiger partial charge >= 0.3 is 0 Å². The highest BCUT2D eigenvalue weighted by Crippen LogP contribution is 2.17. The Morgan fingerprint density at radius 1 is 1.50 bits per heavy atom. The van der Waals surface area contributed by atoms with E-state index >= 15 is 0 Å². The number of H-pyrrole nitrogens is 1. The molecule has 0 aliphatic carbocycles. The van der Waals surface area contributed by atoms with E-state index in [0.29, 0.717) is 5.82 Å². The van der Waals surface area contributed by atoms with Crippen LogP contribution in [0.2, 0.25) is 0 Å². The van der Waals surface area contributed by atoms with Crippen molar-refractivity contribution < 1.29 is 13.2 Å². The van der Waals surface area contributed by atoms with Gasteiger partial charge in [-0.15, -0.1) is 0 Å². The van der Waals surface area contributed by atoms with Gasteiger partial charge in [0.15, 0.2) is 15.7 Å². The zero-order valence-electron chi connectivity index (χ0n) is 9.66. The quantitative estimate of drug-likeness (QED) is 0.810. The van der Waals surface area contributed by atoms with Crippen LogP contribution in [0.3, 0.4) is 0 Å². The Morgan fingerprint density at radius 2 is 2.06 bits per heavy atom. The molecule has 0 spiro atoms. The second-order valence-electron chi connectivity index (χ2n) is 4.17. The minimum Gasteiger partial charge on any atom is -0.308 e. The number of hydrogen-bond donors (Lipinski definition) is 2. The van der Waals surface area contributed by atoms with Crippen molar-refractivity contribution in [3.63, 3.8) is 0 Å². The monoisotopic (exact) mass is 245 g/mol. The second kappa shape index (κ2) is 3.89. The number of nitrogens with zero attached hydrogens (tertiary/aromatic N) is 1. The van der Waals surface area contributed by atoms with Crippen molar-refractivity contribution in [1.82, 2.24) is 10.2 Å². The SMILES string of the molecule is Cc1cc(NC(=O)C(C)(C)S(C)(=O)=O)n[nH]1. The molecule has 0 aliphatic rings. The molecule has 6 nitrogen and oxygen atoms in total. The fourth-order valence-corrected chi connectivity index (χ4v) is 1.31. The number of amides is 1. The lowest BCUT2D eigenvalue weighted by Gasteiger charge is -2.20. The number of sulfone groups is 1. The van der Waals surface area contributed by atoms with Gasteiger partial charge in [-0.05, 0) is 20.8 Å². The summed E-state index contributed by atoms with van der Waals surface area (Å²) in [5.41, 5.74) is 0.785. The molecule has 1 amide bonds. The zero-order valence-corrected chi connectivity index (χ0v) is 10.5. The van der Waals surface area contributed by atoms with Gasteiger partial charge in [-0.2, -0.15) is 5.10 Å². The Balaban J connectivity index is 2.89. The highest BCUT2D eigenvalue weighted by Gasteiger charge is 2.38. The van der Waals surface area contributed by atoms with Crippen LogP contribution >= 0.6 is 0 Å². The van der Waals surface area contributed by atoms with Gasteiger partial charge in [0, 0.05) is 18.0 Å². The van der Waals surface area contributed by atoms with Crippen molar-refractivity contribution in [3.8, 4) is 0 Å². The van der Waals surface area contributed by atoms with Gasteiger partial charge in [0.05, 0.1) is 0 Å². The highest BCUT2D eigenvalue weighted by molar-refractivity contribution is 7.92. The lowest BCUT2D eigenvalue weighted by Crippen LogP contribution is -2.43. The summed E-state index contributed by atoms with van der Waals surface area (Å²) < 4.78 is 21.3. The average Bonchev–Trinajstić information content (AvgIpc) is 2.49. The molecule has 0 aromatic carbocycles. The fraction of sp³-hybridized carbons (Fsp3) is 0.556. The largest absolute Gasteiger partial charge is 0.308 e. The molecule has 1 heterocycles. The van der Waals surface area contributed by atoms with Crippen molar-refractivity contribution in [1.29, 1.82) is 0 Å². The van der Waals surface area contributed by atoms with E-state index in [4.69, 9.17) is 0 Å². The maximum Gasteiger partial charge on any atom is 0.246 e. The lowest BCUT2D eigenvalue weighted by molar-refractivity contribution is -0.117. The van der Waals surface area contributed by atoms with Gasteiger partial charge in [-0.1, -0.05) is 0 Å². The van der Waals surface area contributed by atoms with Crippen LogP contribution in [-0.4, -0.2) is 35.5 Å². The predicted octanol–water partition coefficient (Wildman–Crippen LogP) is 0.480. The molecule has 0 aliphatic heterocycles. The van der Waals surface area contributed by atoms with Gasteiger partial charge in [0.25, 0.3) is 0 Å². The highest BCUT2D eigenvalue weighted by atomic mass is 32.2. The summed E-state index contributed by atoms with van der Waals surface area (Å²) in [6.07, 6.45) is 1.03. The number of carbonyl (C=O) groups is 1. The van der Waals surface area contributed by atoms with Crippen LogP contribution < -0.4 is 5.32 Å². The summed E-state index contributed by atoms with van der Waals surface area (Å²) in [5, 5.41) is 8.90. The van der Waals surface area contributed by atoms with Gasteiger partial charge in [-0.25, -0.2) is 8.42 Å². The first-order valence-corrected chi connectivity index (χ1v) is 6.57. The molecule has 1 aromatic heterocycles. The topological polar surface area (TPSA) is 91.9 Å². The van der Waals surface area contributed by atoms with Crippen molar-refractivity contribution >= 4 is 21.6 Å². The molecular formula is C9H15N3O3S. The average molecular weight is 245 g/mol. The number of aryl methyl sites for hydroxylation is 1. The van der Waals surface area contributed by atoms with Crippen molar-refractivity contribution in [2.24, 2.45) is 0 Å². The van der Waals surface area contributed by atoms with Gasteiger partial charge in [-0.3, -0.25) is 9.89 Å². The molecule has 16 heavy (non-hydrogen) atoms. The van der Waals surface area contributed by atoms with E-state index in [1.54, 1.807) is 13.0 Å². The molecule has 0 saturated carbocycles. The van der Waals surface area contributed by atoms with E-state index in [2.05, 4.69) is 15.5 Å². The molecule has 7 heteroatoms. The van der Waals surface area contributed by atoms with Gasteiger partial charge in [0.1, 0.15) is 4.75 Å². The molecule has 1 rings (SSSR count). The number of anilines is 1. The molecule has 0 bridgehead atoms. The summed E-state index contributed by atoms with van der Waals surface area (Å²) in [4.78, 5) is 11.7. The van der Waals surface area contributed by atoms with E-state index in [0.717, 1.165) is 11.9 Å². The van der Waals surface area contributed by atoms with Gasteiger partial charge < -0.3 is 5.32 Å². The van der Waals surface area contributed by atoms with E-state index < -0.39 is 20.5 Å². The second-order valence-corrected chi connectivity index (χ2v) is 6.74. The van der Waals surface area contributed by atoms with E-state index in [1.807, 2.05) is 0 Å². The molecule has 2 N–H and O–H groups in total. The van der Waals surface area contributed by atoms with E-state index in [9.17, 15) is 13.2 Å². The third kappa shape index (κ3) is 2.41. The number of rotatable bonds is 3. The smallest absolute Gasteiger partial charge is 0.246 e. The number of carbonyl (C=O) groups excluding carboxylic acids is 1. The first-order valence-electron chi connectivity index (χ1n) is 4.67. The Bertz CT molecular complexity index is 502. The summed E-state index contributed by atoms with van der Waals surface area (Å²) in [5.74, 6) is -0.277. The summed E-state index contributed by atoms with van der Waals surface area (Å²) in [7, 11) is -3.46. The molecule has 90 valence electrons. The minimum absolute atomic E-state index is 0.319. The number of aromatic amines is 1. The van der Waals surface area contributed by atoms with Crippen LogP contribution in [0.4, 0.5) is 5.82 Å². The van der Waals surface area contributed by atoms with Crippen LogP contribution in [0, 0.1) is 6.92 Å². The minimum atomic E-state index is -3.46. The fourth-order valence-electron chi connectivity index (χ4n) is 0.917. The first kappa shape index (κ1) is 12.7. The molecular weight excluding hydrogens is 230 g/mol. The Morgan fingerprint density at radius 3 is 2.44 bits per heavy atom. The maximum atomic E-state index is 11.7. The van der Waals surface area contributed by atoms with Crippen LogP contribution in [0.15, 0.2) is 6.07 Å². The standard InChI is InChI=1S/C9H15N3O3S/c1-6-5-7(12-11-6)10-8(13)9(2,3)16(4,14)15/h5H,1-4H3,(H2,10,11,12,13). The normalized spacial score (nSPS) is 12.5. The van der Waals surface area contributed by atoms with Crippen LogP contribution in [0.1, 0.15) is 19.5 Å². The summed E-state index contributed by atoms with van der Waals surface area (Å²) >= 11 is 0. The molecule has 0 saturated heterocycles. The van der Waals surface area contributed by atoms with Crippen molar-refractivity contribution in [2.75, 3.05) is 11.6 Å². The van der Waals surface area contributed by atoms with Crippen LogP contribution in [-0.2, 0) is 14.6 Å². The third-order valence-corrected chi connectivity index (χ3v) is 4.46. The third-order valence-electron chi connectivity index (χ3n) is 2.42. The Labute approximate surface area is 94.4 Å². The van der Waals surface area contributed by atoms with Crippen LogP contribution in [0.5, 0.6) is 0 Å². The van der Waals surface area contributed by atoms with E-state index in [-0.39, 0.29) is 0 Å². The van der Waals surface area contributed by atoms with Crippen LogP contribution in [0.25, 0.3) is 0 Å². The number of nitrogens with one attached hydrogen (secondary N) is 2. The van der Waals surface area contributed by atoms with E-state index in [1.165, 1.54) is 13.8 Å². The van der Waals surface area contributed by atoms with Crippen molar-refractivity contribution in [2.45, 2.75) is 25.5 Å². The molecule has 0 fully saturated rings. The molecule has 1 aromatic rings. The predicted molar refractivity (Wildman–Crippen MR) is 60.9 cm³/mol. The number of hydrogen-bond acceptors (Lipinski definition) is 4. The lowest BCUT2D eigenvalue weighted by atomic mass is 10.2.